The van der Waals surface area contributed by atoms with Crippen LogP contribution in [0.25, 0.3) is 0 Å². The van der Waals surface area contributed by atoms with Crippen LogP contribution in [0.3, 0.4) is 0 Å². The first-order valence-corrected chi connectivity index (χ1v) is 7.04. The minimum absolute atomic E-state index is 0.125. The van der Waals surface area contributed by atoms with Crippen LogP contribution in [0.15, 0.2) is 6.07 Å². The fraction of sp³-hybridized carbons (Fsp3) is 0.643. The Morgan fingerprint density at radius 1 is 1.40 bits per heavy atom. The molecule has 20 heavy (non-hydrogen) atoms. The van der Waals surface area contributed by atoms with E-state index in [-0.39, 0.29) is 11.8 Å². The molecule has 0 aliphatic rings. The molecule has 1 aromatic rings. The molecule has 2 N–H and O–H groups in total. The third kappa shape index (κ3) is 3.59. The molecule has 1 heterocycles. The number of hydrogen-bond acceptors (Lipinski definition) is 3. The topological polar surface area (TPSA) is 84.2 Å². The molecule has 0 unspecified atom stereocenters. The average molecular weight is 281 g/mol. The highest BCUT2D eigenvalue weighted by molar-refractivity contribution is 5.95. The van der Waals surface area contributed by atoms with Gasteiger partial charge in [-0.15, -0.1) is 0 Å². The lowest BCUT2D eigenvalue weighted by Gasteiger charge is -2.20. The Morgan fingerprint density at radius 2 is 2.05 bits per heavy atom. The van der Waals surface area contributed by atoms with E-state index in [0.717, 1.165) is 12.1 Å². The Kier molecular flexibility index (Phi) is 5.73. The summed E-state index contributed by atoms with van der Waals surface area (Å²) in [5.74, 6) is -1.52. The second-order valence-electron chi connectivity index (χ2n) is 4.87. The van der Waals surface area contributed by atoms with Gasteiger partial charge < -0.3 is 10.4 Å². The number of carboxylic acids is 1. The Balaban J connectivity index is 2.94. The van der Waals surface area contributed by atoms with E-state index in [9.17, 15) is 14.7 Å². The van der Waals surface area contributed by atoms with E-state index in [4.69, 9.17) is 0 Å². The molecule has 0 aliphatic heterocycles. The highest BCUT2D eigenvalue weighted by atomic mass is 16.4. The molecule has 112 valence electrons. The summed E-state index contributed by atoms with van der Waals surface area (Å²) in [6.45, 7) is 8.14. The molecule has 6 nitrogen and oxygen atoms in total. The molecular formula is C14H23N3O3. The number of rotatable bonds is 7. The Labute approximate surface area is 119 Å². The minimum atomic E-state index is -1.01. The number of nitrogens with zero attached hydrogens (tertiary/aromatic N) is 2. The van der Waals surface area contributed by atoms with Crippen LogP contribution >= 0.6 is 0 Å². The van der Waals surface area contributed by atoms with Gasteiger partial charge in [-0.05, 0) is 25.3 Å². The number of amides is 1. The number of carbonyl (C=O) groups excluding carboxylic acids is 1. The van der Waals surface area contributed by atoms with Crippen molar-refractivity contribution in [3.8, 4) is 0 Å². The molecular weight excluding hydrogens is 258 g/mol. The van der Waals surface area contributed by atoms with Gasteiger partial charge in [0.15, 0.2) is 0 Å². The van der Waals surface area contributed by atoms with Crippen LogP contribution in [0.5, 0.6) is 0 Å². The van der Waals surface area contributed by atoms with Crippen molar-refractivity contribution in [2.24, 2.45) is 5.92 Å². The van der Waals surface area contributed by atoms with Crippen molar-refractivity contribution in [2.45, 2.75) is 53.1 Å². The summed E-state index contributed by atoms with van der Waals surface area (Å²) in [6.07, 6.45) is 1.42. The number of aromatic nitrogens is 2. The van der Waals surface area contributed by atoms with E-state index in [2.05, 4.69) is 10.4 Å². The second-order valence-corrected chi connectivity index (χ2v) is 4.87. The van der Waals surface area contributed by atoms with Crippen molar-refractivity contribution >= 4 is 11.9 Å². The third-order valence-electron chi connectivity index (χ3n) is 3.49. The zero-order valence-corrected chi connectivity index (χ0v) is 12.5. The molecule has 6 heteroatoms. The molecule has 1 amide bonds. The summed E-state index contributed by atoms with van der Waals surface area (Å²) in [7, 11) is 0. The molecule has 2 atom stereocenters. The fourth-order valence-corrected chi connectivity index (χ4v) is 1.96. The van der Waals surface area contributed by atoms with Crippen molar-refractivity contribution in [3.63, 3.8) is 0 Å². The predicted octanol–water partition coefficient (Wildman–Crippen LogP) is 1.69. The highest BCUT2D eigenvalue weighted by Gasteiger charge is 2.27. The van der Waals surface area contributed by atoms with Gasteiger partial charge >= 0.3 is 5.97 Å². The normalized spacial score (nSPS) is 13.8. The third-order valence-corrected chi connectivity index (χ3v) is 3.49. The monoisotopic (exact) mass is 281 g/mol. The lowest BCUT2D eigenvalue weighted by Crippen LogP contribution is -2.45. The highest BCUT2D eigenvalue weighted by Crippen LogP contribution is 2.11. The second kappa shape index (κ2) is 7.07. The standard InChI is InChI=1S/C14H23N3O3/c1-5-9(4)12(14(19)20)15-13(18)11-8-10(6-2)16-17(11)7-3/h8-9,12H,5-7H2,1-4H3,(H,15,18)(H,19,20)/t9-,12-/m0/s1. The number of hydrogen-bond donors (Lipinski definition) is 2. The predicted molar refractivity (Wildman–Crippen MR) is 75.6 cm³/mol. The molecule has 1 aromatic heterocycles. The number of aliphatic carboxylic acids is 1. The largest absolute Gasteiger partial charge is 0.480 e. The van der Waals surface area contributed by atoms with Crippen molar-refractivity contribution in [1.29, 1.82) is 0 Å². The zero-order valence-electron chi connectivity index (χ0n) is 12.5. The van der Waals surface area contributed by atoms with Gasteiger partial charge in [0.25, 0.3) is 5.91 Å². The fourth-order valence-electron chi connectivity index (χ4n) is 1.96. The molecule has 0 aliphatic carbocycles. The molecule has 0 saturated carbocycles. The zero-order chi connectivity index (χ0) is 15.3. The minimum Gasteiger partial charge on any atom is -0.480 e. The van der Waals surface area contributed by atoms with Crippen molar-refractivity contribution < 1.29 is 14.7 Å². The maximum Gasteiger partial charge on any atom is 0.326 e. The van der Waals surface area contributed by atoms with Crippen LogP contribution in [0.1, 0.15) is 50.3 Å². The molecule has 1 rings (SSSR count). The van der Waals surface area contributed by atoms with Gasteiger partial charge in [-0.2, -0.15) is 5.10 Å². The Bertz CT molecular complexity index is 482. The Hall–Kier alpha value is -1.85. The summed E-state index contributed by atoms with van der Waals surface area (Å²) in [4.78, 5) is 23.5. The van der Waals surface area contributed by atoms with E-state index in [1.165, 1.54) is 0 Å². The first-order valence-electron chi connectivity index (χ1n) is 7.04. The number of aryl methyl sites for hydroxylation is 2. The van der Waals surface area contributed by atoms with E-state index in [1.807, 2.05) is 27.7 Å². The maximum absolute atomic E-state index is 12.3. The van der Waals surface area contributed by atoms with Crippen molar-refractivity contribution in [3.05, 3.63) is 17.5 Å². The average Bonchev–Trinajstić information content (AvgIpc) is 2.86. The summed E-state index contributed by atoms with van der Waals surface area (Å²) >= 11 is 0. The first-order chi connectivity index (χ1) is 9.44. The van der Waals surface area contributed by atoms with Crippen LogP contribution in [-0.2, 0) is 17.8 Å². The summed E-state index contributed by atoms with van der Waals surface area (Å²) in [5.41, 5.74) is 1.24. The molecule has 0 fully saturated rings. The van der Waals surface area contributed by atoms with E-state index in [1.54, 1.807) is 10.7 Å². The van der Waals surface area contributed by atoms with Crippen LogP contribution < -0.4 is 5.32 Å². The maximum atomic E-state index is 12.3. The van der Waals surface area contributed by atoms with Crippen LogP contribution in [-0.4, -0.2) is 32.8 Å². The quantitative estimate of drug-likeness (QED) is 0.796. The van der Waals surface area contributed by atoms with Gasteiger partial charge in [0, 0.05) is 6.54 Å². The summed E-state index contributed by atoms with van der Waals surface area (Å²) in [6, 6.07) is 0.840. The molecule has 0 radical (unpaired) electrons. The van der Waals surface area contributed by atoms with E-state index >= 15 is 0 Å². The van der Waals surface area contributed by atoms with Gasteiger partial charge in [0.1, 0.15) is 11.7 Å². The number of carbonyl (C=O) groups is 2. The van der Waals surface area contributed by atoms with E-state index in [0.29, 0.717) is 18.7 Å². The van der Waals surface area contributed by atoms with Crippen LogP contribution in [0.2, 0.25) is 0 Å². The summed E-state index contributed by atoms with van der Waals surface area (Å²) < 4.78 is 1.60. The van der Waals surface area contributed by atoms with Crippen molar-refractivity contribution in [1.82, 2.24) is 15.1 Å². The van der Waals surface area contributed by atoms with Gasteiger partial charge in [0.05, 0.1) is 5.69 Å². The SMILES string of the molecule is CCc1cc(C(=O)N[C@H](C(=O)O)[C@@H](C)CC)n(CC)n1. The van der Waals surface area contributed by atoms with Crippen LogP contribution in [0.4, 0.5) is 0 Å². The van der Waals surface area contributed by atoms with Gasteiger partial charge in [-0.3, -0.25) is 9.48 Å². The molecule has 0 aromatic carbocycles. The smallest absolute Gasteiger partial charge is 0.326 e. The molecule has 0 saturated heterocycles. The molecule has 0 bridgehead atoms. The lowest BCUT2D eigenvalue weighted by atomic mass is 9.99. The van der Waals surface area contributed by atoms with Gasteiger partial charge in [-0.25, -0.2) is 4.79 Å². The Morgan fingerprint density at radius 3 is 2.50 bits per heavy atom. The summed E-state index contributed by atoms with van der Waals surface area (Å²) in [5, 5.41) is 16.1. The van der Waals surface area contributed by atoms with Crippen molar-refractivity contribution in [2.75, 3.05) is 0 Å². The first kappa shape index (κ1) is 16.2. The number of nitrogens with one attached hydrogen (secondary N) is 1. The van der Waals surface area contributed by atoms with E-state index < -0.39 is 12.0 Å². The van der Waals surface area contributed by atoms with Crippen LogP contribution in [0, 0.1) is 5.92 Å². The lowest BCUT2D eigenvalue weighted by molar-refractivity contribution is -0.140. The van der Waals surface area contributed by atoms with Gasteiger partial charge in [-0.1, -0.05) is 27.2 Å². The van der Waals surface area contributed by atoms with Gasteiger partial charge in [0.2, 0.25) is 0 Å². The number of carboxylic acid groups (broad SMARTS) is 1. The molecule has 0 spiro atoms.